The SMILES string of the molecule is CC(Sc1nnc(-c2ccc(Cl)cc2)o1)c1cccc([N+](=O)[O-])c1. The number of hydrogen-bond donors (Lipinski definition) is 0. The van der Waals surface area contributed by atoms with Crippen LogP contribution in [0.15, 0.2) is 58.2 Å². The maximum absolute atomic E-state index is 10.9. The molecule has 0 N–H and O–H groups in total. The molecule has 3 aromatic rings. The van der Waals surface area contributed by atoms with Gasteiger partial charge in [-0.3, -0.25) is 10.1 Å². The van der Waals surface area contributed by atoms with Crippen LogP contribution in [0.2, 0.25) is 5.02 Å². The Balaban J connectivity index is 1.75. The monoisotopic (exact) mass is 361 g/mol. The molecule has 1 atom stereocenters. The molecule has 0 fully saturated rings. The van der Waals surface area contributed by atoms with Crippen molar-refractivity contribution >= 4 is 29.1 Å². The minimum Gasteiger partial charge on any atom is -0.411 e. The number of nitrogens with zero attached hydrogens (tertiary/aromatic N) is 3. The Kier molecular flexibility index (Phi) is 4.82. The van der Waals surface area contributed by atoms with Crippen LogP contribution in [0, 0.1) is 10.1 Å². The van der Waals surface area contributed by atoms with E-state index in [-0.39, 0.29) is 10.9 Å². The number of benzene rings is 2. The van der Waals surface area contributed by atoms with Gasteiger partial charge >= 0.3 is 0 Å². The highest BCUT2D eigenvalue weighted by Crippen LogP contribution is 2.36. The fraction of sp³-hybridized carbons (Fsp3) is 0.125. The van der Waals surface area contributed by atoms with Crippen LogP contribution in [0.4, 0.5) is 5.69 Å². The van der Waals surface area contributed by atoms with Crippen LogP contribution < -0.4 is 0 Å². The van der Waals surface area contributed by atoms with E-state index < -0.39 is 4.92 Å². The molecule has 0 saturated carbocycles. The van der Waals surface area contributed by atoms with E-state index in [9.17, 15) is 10.1 Å². The van der Waals surface area contributed by atoms with Gasteiger partial charge in [-0.15, -0.1) is 10.2 Å². The normalized spacial score (nSPS) is 12.1. The lowest BCUT2D eigenvalue weighted by molar-refractivity contribution is -0.384. The van der Waals surface area contributed by atoms with Crippen molar-refractivity contribution in [3.63, 3.8) is 0 Å². The molecule has 0 aliphatic heterocycles. The van der Waals surface area contributed by atoms with E-state index in [4.69, 9.17) is 16.0 Å². The number of nitro groups is 1. The molecule has 2 aromatic carbocycles. The first-order valence-corrected chi connectivity index (χ1v) is 8.29. The molecule has 0 amide bonds. The van der Waals surface area contributed by atoms with E-state index in [1.165, 1.54) is 17.8 Å². The summed E-state index contributed by atoms with van der Waals surface area (Å²) in [6.45, 7) is 1.93. The third kappa shape index (κ3) is 3.74. The van der Waals surface area contributed by atoms with Crippen molar-refractivity contribution in [3.8, 4) is 11.5 Å². The molecule has 0 aliphatic rings. The van der Waals surface area contributed by atoms with Gasteiger partial charge in [-0.1, -0.05) is 35.5 Å². The Hall–Kier alpha value is -2.38. The van der Waals surface area contributed by atoms with Gasteiger partial charge in [0.25, 0.3) is 10.9 Å². The van der Waals surface area contributed by atoms with Gasteiger partial charge in [0.1, 0.15) is 0 Å². The summed E-state index contributed by atoms with van der Waals surface area (Å²) in [6, 6.07) is 13.6. The van der Waals surface area contributed by atoms with E-state index in [0.717, 1.165) is 11.1 Å². The van der Waals surface area contributed by atoms with Gasteiger partial charge < -0.3 is 4.42 Å². The van der Waals surface area contributed by atoms with E-state index in [2.05, 4.69) is 10.2 Å². The van der Waals surface area contributed by atoms with Gasteiger partial charge in [-0.25, -0.2) is 0 Å². The largest absolute Gasteiger partial charge is 0.411 e. The Bertz CT molecular complexity index is 867. The minimum atomic E-state index is -0.410. The van der Waals surface area contributed by atoms with Crippen LogP contribution in [0.3, 0.4) is 0 Å². The molecule has 0 radical (unpaired) electrons. The molecule has 1 unspecified atom stereocenters. The topological polar surface area (TPSA) is 82.1 Å². The molecule has 1 aromatic heterocycles. The molecule has 6 nitrogen and oxygen atoms in total. The molecule has 8 heteroatoms. The molecule has 0 saturated heterocycles. The van der Waals surface area contributed by atoms with Crippen molar-refractivity contribution in [2.24, 2.45) is 0 Å². The van der Waals surface area contributed by atoms with Crippen LogP contribution in [0.5, 0.6) is 0 Å². The van der Waals surface area contributed by atoms with E-state index in [1.807, 2.05) is 13.0 Å². The number of non-ortho nitro benzene ring substituents is 1. The first kappa shape index (κ1) is 16.5. The highest BCUT2D eigenvalue weighted by atomic mass is 35.5. The number of nitro benzene ring substituents is 1. The summed E-state index contributed by atoms with van der Waals surface area (Å²) in [6.07, 6.45) is 0. The Labute approximate surface area is 147 Å². The van der Waals surface area contributed by atoms with Crippen molar-refractivity contribution in [1.82, 2.24) is 10.2 Å². The second-order valence-electron chi connectivity index (χ2n) is 4.99. The molecule has 24 heavy (non-hydrogen) atoms. The third-order valence-electron chi connectivity index (χ3n) is 3.33. The molecule has 0 aliphatic carbocycles. The fourth-order valence-corrected chi connectivity index (χ4v) is 3.00. The average molecular weight is 362 g/mol. The summed E-state index contributed by atoms with van der Waals surface area (Å²) in [5, 5.41) is 19.9. The number of halogens is 1. The Morgan fingerprint density at radius 3 is 2.67 bits per heavy atom. The number of hydrogen-bond acceptors (Lipinski definition) is 6. The summed E-state index contributed by atoms with van der Waals surface area (Å²) in [4.78, 5) is 10.5. The Morgan fingerprint density at radius 2 is 1.96 bits per heavy atom. The lowest BCUT2D eigenvalue weighted by Crippen LogP contribution is -1.92. The van der Waals surface area contributed by atoms with Crippen LogP contribution in [-0.2, 0) is 0 Å². The molecular formula is C16H12ClN3O3S. The predicted octanol–water partition coefficient (Wildman–Crippen LogP) is 5.15. The van der Waals surface area contributed by atoms with Crippen LogP contribution >= 0.6 is 23.4 Å². The molecule has 0 bridgehead atoms. The van der Waals surface area contributed by atoms with Crippen molar-refractivity contribution in [2.75, 3.05) is 0 Å². The zero-order chi connectivity index (χ0) is 17.1. The second kappa shape index (κ2) is 7.02. The van der Waals surface area contributed by atoms with Crippen molar-refractivity contribution in [2.45, 2.75) is 17.4 Å². The van der Waals surface area contributed by atoms with Gasteiger partial charge in [0.15, 0.2) is 0 Å². The lowest BCUT2D eigenvalue weighted by Gasteiger charge is -2.08. The zero-order valence-corrected chi connectivity index (χ0v) is 14.1. The van der Waals surface area contributed by atoms with E-state index in [0.29, 0.717) is 16.1 Å². The average Bonchev–Trinajstić information content (AvgIpc) is 3.04. The summed E-state index contributed by atoms with van der Waals surface area (Å²) in [7, 11) is 0. The maximum Gasteiger partial charge on any atom is 0.277 e. The quantitative estimate of drug-likeness (QED) is 0.355. The van der Waals surface area contributed by atoms with Gasteiger partial charge in [-0.05, 0) is 36.8 Å². The van der Waals surface area contributed by atoms with Crippen LogP contribution in [0.1, 0.15) is 17.7 Å². The van der Waals surface area contributed by atoms with E-state index in [1.54, 1.807) is 36.4 Å². The predicted molar refractivity (Wildman–Crippen MR) is 92.1 cm³/mol. The smallest absolute Gasteiger partial charge is 0.277 e. The summed E-state index contributed by atoms with van der Waals surface area (Å²) >= 11 is 7.20. The first-order chi connectivity index (χ1) is 11.5. The van der Waals surface area contributed by atoms with Crippen LogP contribution in [-0.4, -0.2) is 15.1 Å². The number of aromatic nitrogens is 2. The number of rotatable bonds is 5. The van der Waals surface area contributed by atoms with Gasteiger partial charge in [0.2, 0.25) is 5.89 Å². The standard InChI is InChI=1S/C16H12ClN3O3S/c1-10(12-3-2-4-14(9-12)20(21)22)24-16-19-18-15(23-16)11-5-7-13(17)8-6-11/h2-10H,1H3. The maximum atomic E-state index is 10.9. The highest BCUT2D eigenvalue weighted by molar-refractivity contribution is 7.99. The molecule has 0 spiro atoms. The van der Waals surface area contributed by atoms with Gasteiger partial charge in [-0.2, -0.15) is 0 Å². The summed E-state index contributed by atoms with van der Waals surface area (Å²) < 4.78 is 5.64. The fourth-order valence-electron chi connectivity index (χ4n) is 2.08. The van der Waals surface area contributed by atoms with Gasteiger partial charge in [0.05, 0.1) is 4.92 Å². The zero-order valence-electron chi connectivity index (χ0n) is 12.5. The van der Waals surface area contributed by atoms with E-state index >= 15 is 0 Å². The van der Waals surface area contributed by atoms with Crippen molar-refractivity contribution in [3.05, 3.63) is 69.2 Å². The molecular weight excluding hydrogens is 350 g/mol. The lowest BCUT2D eigenvalue weighted by atomic mass is 10.1. The molecule has 122 valence electrons. The number of thioether (sulfide) groups is 1. The van der Waals surface area contributed by atoms with Crippen LogP contribution in [0.25, 0.3) is 11.5 Å². The minimum absolute atomic E-state index is 0.0623. The highest BCUT2D eigenvalue weighted by Gasteiger charge is 2.16. The van der Waals surface area contributed by atoms with Gasteiger partial charge in [0, 0.05) is 28.0 Å². The summed E-state index contributed by atoms with van der Waals surface area (Å²) in [5.41, 5.74) is 1.66. The summed E-state index contributed by atoms with van der Waals surface area (Å²) in [5.74, 6) is 0.403. The van der Waals surface area contributed by atoms with Crippen molar-refractivity contribution in [1.29, 1.82) is 0 Å². The van der Waals surface area contributed by atoms with Crippen molar-refractivity contribution < 1.29 is 9.34 Å². The Morgan fingerprint density at radius 1 is 1.21 bits per heavy atom. The molecule has 1 heterocycles. The first-order valence-electron chi connectivity index (χ1n) is 7.03. The third-order valence-corrected chi connectivity index (χ3v) is 4.57. The second-order valence-corrected chi connectivity index (χ2v) is 6.72. The molecule has 3 rings (SSSR count).